The van der Waals surface area contributed by atoms with E-state index in [0.717, 1.165) is 37.5 Å². The first kappa shape index (κ1) is 22.1. The fraction of sp³-hybridized carbons (Fsp3) is 0.818. The largest absolute Gasteiger partial charge is 0.479 e. The number of carbonyl (C=O) groups excluding carboxylic acids is 1. The summed E-state index contributed by atoms with van der Waals surface area (Å²) in [6, 6.07) is 0. The fourth-order valence-electron chi connectivity index (χ4n) is 6.53. The van der Waals surface area contributed by atoms with Crippen molar-refractivity contribution in [1.29, 1.82) is 0 Å². The van der Waals surface area contributed by atoms with Crippen LogP contribution in [0.1, 0.15) is 72.1 Å². The van der Waals surface area contributed by atoms with Crippen molar-refractivity contribution in [1.82, 2.24) is 0 Å². The van der Waals surface area contributed by atoms with Gasteiger partial charge in [-0.05, 0) is 86.5 Å². The van der Waals surface area contributed by atoms with Gasteiger partial charge in [-0.25, -0.2) is 4.79 Å². The van der Waals surface area contributed by atoms with E-state index in [-0.39, 0.29) is 16.9 Å². The first-order valence-corrected chi connectivity index (χ1v) is 11.2. The van der Waals surface area contributed by atoms with Gasteiger partial charge in [0.25, 0.3) is 0 Å². The van der Waals surface area contributed by atoms with Crippen molar-refractivity contribution in [2.45, 2.75) is 82.6 Å². The molecule has 0 saturated heterocycles. The summed E-state index contributed by atoms with van der Waals surface area (Å²) >= 11 is 10.1. The van der Waals surface area contributed by atoms with Gasteiger partial charge < -0.3 is 10.2 Å². The molecule has 0 spiro atoms. The molecule has 158 valence electrons. The van der Waals surface area contributed by atoms with Gasteiger partial charge in [-0.3, -0.25) is 4.79 Å². The number of aliphatic hydroxyl groups excluding tert-OH is 1. The number of allylic oxidation sites excluding steroid dienone is 1. The molecule has 0 unspecified atom stereocenters. The number of hydrogen-bond acceptors (Lipinski definition) is 3. The van der Waals surface area contributed by atoms with E-state index in [9.17, 15) is 14.7 Å². The smallest absolute Gasteiger partial charge is 0.339 e. The fourth-order valence-corrected chi connectivity index (χ4v) is 6.53. The van der Waals surface area contributed by atoms with Gasteiger partial charge in [-0.1, -0.05) is 42.6 Å². The van der Waals surface area contributed by atoms with Gasteiger partial charge in [0.1, 0.15) is 0 Å². The molecule has 0 aliphatic heterocycles. The van der Waals surface area contributed by atoms with Gasteiger partial charge in [0, 0.05) is 6.42 Å². The monoisotopic (exact) mass is 430 g/mol. The molecule has 4 aliphatic rings. The van der Waals surface area contributed by atoms with Crippen LogP contribution in [-0.4, -0.2) is 32.4 Å². The standard InChI is InChI=1S/C19H28O2.C3H4Cl2O2/c1-18-9-7-13(20)11-12(18)3-4-14-15-5-6-17(21)19(15,2)10-8-16(14)18;1-3(4,5)2(6)7/h11,14-17,21H,3-10H2,1-2H3;1H3,(H,6,7)/t14-,15-,16-,17-,18-,19-;/m0./s1. The summed E-state index contributed by atoms with van der Waals surface area (Å²) in [6.07, 6.45) is 10.7. The Balaban J connectivity index is 0.000000279. The first-order valence-electron chi connectivity index (χ1n) is 10.4. The summed E-state index contributed by atoms with van der Waals surface area (Å²) < 4.78 is -1.64. The summed E-state index contributed by atoms with van der Waals surface area (Å²) in [7, 11) is 0. The Morgan fingerprint density at radius 2 is 1.75 bits per heavy atom. The van der Waals surface area contributed by atoms with Gasteiger partial charge in [-0.15, -0.1) is 0 Å². The van der Waals surface area contributed by atoms with Crippen molar-refractivity contribution in [3.05, 3.63) is 11.6 Å². The zero-order valence-electron chi connectivity index (χ0n) is 17.0. The number of carbonyl (C=O) groups is 2. The zero-order valence-corrected chi connectivity index (χ0v) is 18.5. The van der Waals surface area contributed by atoms with Crippen molar-refractivity contribution in [2.75, 3.05) is 0 Å². The molecule has 6 heteroatoms. The molecule has 3 saturated carbocycles. The normalized spacial score (nSPS) is 42.4. The number of aliphatic carboxylic acids is 1. The molecule has 0 aromatic carbocycles. The SMILES string of the molecule is CC(Cl)(Cl)C(=O)O.C[C@]12CC[C@H]3[C@@H](CCC4=CC(=O)CC[C@@]43C)[C@@H]1CC[C@@H]2O. The Bertz CT molecular complexity index is 683. The van der Waals surface area contributed by atoms with E-state index in [1.807, 2.05) is 6.08 Å². The van der Waals surface area contributed by atoms with E-state index < -0.39 is 10.3 Å². The molecule has 0 aromatic rings. The lowest BCUT2D eigenvalue weighted by molar-refractivity contribution is -0.137. The van der Waals surface area contributed by atoms with Crippen molar-refractivity contribution in [3.63, 3.8) is 0 Å². The van der Waals surface area contributed by atoms with E-state index in [2.05, 4.69) is 13.8 Å². The van der Waals surface area contributed by atoms with E-state index >= 15 is 0 Å². The lowest BCUT2D eigenvalue weighted by atomic mass is 9.47. The van der Waals surface area contributed by atoms with Gasteiger partial charge >= 0.3 is 5.97 Å². The maximum absolute atomic E-state index is 11.8. The van der Waals surface area contributed by atoms with Crippen LogP contribution in [-0.2, 0) is 9.59 Å². The zero-order chi connectivity index (χ0) is 20.9. The topological polar surface area (TPSA) is 74.6 Å². The highest BCUT2D eigenvalue weighted by Gasteiger charge is 2.58. The van der Waals surface area contributed by atoms with Crippen LogP contribution in [0.3, 0.4) is 0 Å². The van der Waals surface area contributed by atoms with E-state index in [1.165, 1.54) is 38.2 Å². The van der Waals surface area contributed by atoms with Crippen LogP contribution in [0.15, 0.2) is 11.6 Å². The molecule has 4 nitrogen and oxygen atoms in total. The molecular formula is C22H32Cl2O4. The van der Waals surface area contributed by atoms with Gasteiger partial charge in [0.15, 0.2) is 5.78 Å². The molecule has 0 bridgehead atoms. The van der Waals surface area contributed by atoms with Crippen LogP contribution in [0.2, 0.25) is 0 Å². The van der Waals surface area contributed by atoms with Gasteiger partial charge in [-0.2, -0.15) is 0 Å². The van der Waals surface area contributed by atoms with Crippen LogP contribution in [0.25, 0.3) is 0 Å². The summed E-state index contributed by atoms with van der Waals surface area (Å²) in [5, 5.41) is 18.4. The van der Waals surface area contributed by atoms with Crippen molar-refractivity contribution in [3.8, 4) is 0 Å². The number of carboxylic acid groups (broad SMARTS) is 1. The molecule has 28 heavy (non-hydrogen) atoms. The quantitative estimate of drug-likeness (QED) is 0.564. The molecule has 0 heterocycles. The maximum atomic E-state index is 11.8. The molecule has 6 atom stereocenters. The minimum atomic E-state index is -1.64. The maximum Gasteiger partial charge on any atom is 0.339 e. The lowest BCUT2D eigenvalue weighted by Crippen LogP contribution is -2.51. The molecule has 2 N–H and O–H groups in total. The average Bonchev–Trinajstić information content (AvgIpc) is 2.90. The summed E-state index contributed by atoms with van der Waals surface area (Å²) in [5.41, 5.74) is 1.89. The highest BCUT2D eigenvalue weighted by Crippen LogP contribution is 2.65. The number of ketones is 1. The predicted octanol–water partition coefficient (Wildman–Crippen LogP) is 5.14. The van der Waals surface area contributed by atoms with Gasteiger partial charge in [0.2, 0.25) is 4.33 Å². The van der Waals surface area contributed by atoms with Crippen molar-refractivity contribution < 1.29 is 19.8 Å². The molecule has 0 radical (unpaired) electrons. The predicted molar refractivity (Wildman–Crippen MR) is 110 cm³/mol. The van der Waals surface area contributed by atoms with Crippen LogP contribution in [0, 0.1) is 28.6 Å². The lowest BCUT2D eigenvalue weighted by Gasteiger charge is -2.57. The summed E-state index contributed by atoms with van der Waals surface area (Å²) in [4.78, 5) is 21.5. The third-order valence-electron chi connectivity index (χ3n) is 8.29. The van der Waals surface area contributed by atoms with Crippen LogP contribution < -0.4 is 0 Å². The Labute approximate surface area is 177 Å². The van der Waals surface area contributed by atoms with Gasteiger partial charge in [0.05, 0.1) is 6.10 Å². The Hall–Kier alpha value is -0.580. The van der Waals surface area contributed by atoms with Crippen molar-refractivity contribution >= 4 is 35.0 Å². The minimum absolute atomic E-state index is 0.0823. The van der Waals surface area contributed by atoms with Crippen LogP contribution in [0.4, 0.5) is 0 Å². The average molecular weight is 431 g/mol. The van der Waals surface area contributed by atoms with E-state index in [0.29, 0.717) is 11.7 Å². The molecule has 0 aromatic heterocycles. The third kappa shape index (κ3) is 3.77. The van der Waals surface area contributed by atoms with Crippen LogP contribution >= 0.6 is 23.2 Å². The Morgan fingerprint density at radius 1 is 1.11 bits per heavy atom. The highest BCUT2D eigenvalue weighted by atomic mass is 35.5. The van der Waals surface area contributed by atoms with Crippen molar-refractivity contribution in [2.24, 2.45) is 28.6 Å². The second-order valence-electron chi connectivity index (χ2n) is 9.80. The molecule has 4 aliphatic carbocycles. The second-order valence-corrected chi connectivity index (χ2v) is 11.5. The number of carboxylic acids is 1. The Morgan fingerprint density at radius 3 is 2.36 bits per heavy atom. The molecule has 3 fully saturated rings. The molecular weight excluding hydrogens is 399 g/mol. The number of fused-ring (bicyclic) bond motifs is 5. The first-order chi connectivity index (χ1) is 12.9. The Kier molecular flexibility index (Phi) is 6.00. The van der Waals surface area contributed by atoms with E-state index in [4.69, 9.17) is 28.3 Å². The number of aliphatic hydroxyl groups is 1. The minimum Gasteiger partial charge on any atom is -0.479 e. The molecule has 0 amide bonds. The summed E-state index contributed by atoms with van der Waals surface area (Å²) in [6.45, 7) is 5.96. The number of rotatable bonds is 1. The second kappa shape index (κ2) is 7.59. The van der Waals surface area contributed by atoms with E-state index in [1.54, 1.807) is 0 Å². The summed E-state index contributed by atoms with van der Waals surface area (Å²) in [5.74, 6) is 1.35. The number of alkyl halides is 2. The number of halogens is 2. The number of hydrogen-bond donors (Lipinski definition) is 2. The third-order valence-corrected chi connectivity index (χ3v) is 8.61. The highest BCUT2D eigenvalue weighted by molar-refractivity contribution is 6.56. The molecule has 4 rings (SSSR count). The van der Waals surface area contributed by atoms with Crippen LogP contribution in [0.5, 0.6) is 0 Å².